The second-order valence-corrected chi connectivity index (χ2v) is 9.16. The Labute approximate surface area is 215 Å². The smallest absolute Gasteiger partial charge is 0.316 e. The van der Waals surface area contributed by atoms with E-state index in [-0.39, 0.29) is 6.54 Å². The molecule has 222 valence electrons. The summed E-state index contributed by atoms with van der Waals surface area (Å²) in [6.45, 7) is -1.92. The van der Waals surface area contributed by atoms with E-state index in [1.807, 2.05) is 0 Å². The van der Waals surface area contributed by atoms with Crippen molar-refractivity contribution in [3.05, 3.63) is 0 Å². The van der Waals surface area contributed by atoms with Crippen LogP contribution >= 0.6 is 0 Å². The third kappa shape index (κ3) is 6.52. The first-order valence-corrected chi connectivity index (χ1v) is 11.8. The predicted octanol–water partition coefficient (Wildman–Crippen LogP) is -7.64. The number of methoxy groups -OCH3 is 1. The summed E-state index contributed by atoms with van der Waals surface area (Å²) in [6, 6.07) is -0.975. The van der Waals surface area contributed by atoms with Gasteiger partial charge in [0.25, 0.3) is 0 Å². The molecule has 3 fully saturated rings. The van der Waals surface area contributed by atoms with E-state index in [9.17, 15) is 55.9 Å². The highest BCUT2D eigenvalue weighted by atomic mass is 16.7. The number of hydrogen-bond donors (Lipinski definition) is 12. The molecule has 0 spiro atoms. The minimum Gasteiger partial charge on any atom is -0.394 e. The molecule has 3 heterocycles. The minimum absolute atomic E-state index is 0.381. The molecule has 38 heavy (non-hydrogen) atoms. The fraction of sp³-hybridized carbons (Fsp3) is 0.950. The van der Waals surface area contributed by atoms with E-state index in [1.165, 1.54) is 7.11 Å². The summed E-state index contributed by atoms with van der Waals surface area (Å²) in [5.41, 5.74) is 0. The number of nitrogens with one attached hydrogen (secondary N) is 2. The molecule has 3 saturated heterocycles. The Morgan fingerprint density at radius 3 is 1.82 bits per heavy atom. The number of ether oxygens (including phenoxy) is 5. The minimum atomic E-state index is -1.84. The van der Waals surface area contributed by atoms with Crippen molar-refractivity contribution in [1.82, 2.24) is 10.6 Å². The molecule has 0 saturated carbocycles. The van der Waals surface area contributed by atoms with Gasteiger partial charge in [0.05, 0.1) is 13.2 Å². The van der Waals surface area contributed by atoms with Crippen molar-refractivity contribution in [2.75, 3.05) is 26.9 Å². The molecule has 12 N–H and O–H groups in total. The molecule has 0 aromatic heterocycles. The van der Waals surface area contributed by atoms with Crippen molar-refractivity contribution in [2.24, 2.45) is 0 Å². The van der Waals surface area contributed by atoms with Gasteiger partial charge >= 0.3 is 6.03 Å². The summed E-state index contributed by atoms with van der Waals surface area (Å²) >= 11 is 0. The van der Waals surface area contributed by atoms with Crippen molar-refractivity contribution in [2.45, 2.75) is 92.1 Å². The number of urea groups is 1. The number of carbonyl (C=O) groups is 1. The average molecular weight is 561 g/mol. The van der Waals surface area contributed by atoms with Crippen molar-refractivity contribution in [3.8, 4) is 0 Å². The van der Waals surface area contributed by atoms with Crippen molar-refractivity contribution in [1.29, 1.82) is 0 Å². The van der Waals surface area contributed by atoms with Crippen LogP contribution in [-0.2, 0) is 23.7 Å². The third-order valence-electron chi connectivity index (χ3n) is 6.64. The number of carbonyl (C=O) groups excluding carboxylic acids is 1. The van der Waals surface area contributed by atoms with Crippen LogP contribution in [-0.4, -0.2) is 176 Å². The van der Waals surface area contributed by atoms with E-state index < -0.39 is 111 Å². The van der Waals surface area contributed by atoms with Gasteiger partial charge in [-0.2, -0.15) is 0 Å². The van der Waals surface area contributed by atoms with E-state index in [2.05, 4.69) is 10.6 Å². The van der Waals surface area contributed by atoms with Gasteiger partial charge in [-0.05, 0) is 0 Å². The van der Waals surface area contributed by atoms with E-state index in [0.29, 0.717) is 0 Å². The first-order chi connectivity index (χ1) is 17.9. The molecule has 15 atom stereocenters. The molecule has 3 aliphatic heterocycles. The Hall–Kier alpha value is -1.33. The Morgan fingerprint density at radius 1 is 0.684 bits per heavy atom. The van der Waals surface area contributed by atoms with Crippen LogP contribution in [0.25, 0.3) is 0 Å². The van der Waals surface area contributed by atoms with E-state index in [4.69, 9.17) is 23.7 Å². The lowest BCUT2D eigenvalue weighted by atomic mass is 9.96. The Balaban J connectivity index is 1.58. The zero-order chi connectivity index (χ0) is 28.3. The van der Waals surface area contributed by atoms with Gasteiger partial charge in [0.1, 0.15) is 73.2 Å². The molecule has 18 nitrogen and oxygen atoms in total. The number of rotatable bonds is 8. The highest BCUT2D eigenvalue weighted by Crippen LogP contribution is 2.28. The highest BCUT2D eigenvalue weighted by molar-refractivity contribution is 5.74. The molecule has 0 aromatic carbocycles. The van der Waals surface area contributed by atoms with E-state index in [1.54, 1.807) is 0 Å². The summed E-state index contributed by atoms with van der Waals surface area (Å²) < 4.78 is 26.2. The second kappa shape index (κ2) is 13.4. The Morgan fingerprint density at radius 2 is 1.24 bits per heavy atom. The van der Waals surface area contributed by atoms with Gasteiger partial charge in [0, 0.05) is 13.7 Å². The molecule has 3 rings (SSSR count). The van der Waals surface area contributed by atoms with Gasteiger partial charge < -0.3 is 85.4 Å². The third-order valence-corrected chi connectivity index (χ3v) is 6.64. The topological polar surface area (TPSA) is 290 Å². The fourth-order valence-electron chi connectivity index (χ4n) is 4.36. The maximum Gasteiger partial charge on any atom is 0.316 e. The maximum absolute atomic E-state index is 12.4. The lowest BCUT2D eigenvalue weighted by molar-refractivity contribution is -0.342. The van der Waals surface area contributed by atoms with Crippen LogP contribution in [0.5, 0.6) is 0 Å². The molecule has 0 radical (unpaired) electrons. The van der Waals surface area contributed by atoms with Crippen LogP contribution in [0.2, 0.25) is 0 Å². The molecular formula is C20H36N2O16. The number of aliphatic hydroxyl groups is 10. The molecule has 3 aliphatic rings. The molecular weight excluding hydrogens is 524 g/mol. The molecule has 0 aliphatic carbocycles. The van der Waals surface area contributed by atoms with Crippen LogP contribution in [0.3, 0.4) is 0 Å². The van der Waals surface area contributed by atoms with Gasteiger partial charge in [0.15, 0.2) is 18.8 Å². The maximum atomic E-state index is 12.4. The number of hydrogen-bond acceptors (Lipinski definition) is 16. The Kier molecular flexibility index (Phi) is 11.0. The zero-order valence-corrected chi connectivity index (χ0v) is 20.2. The van der Waals surface area contributed by atoms with Gasteiger partial charge in [-0.3, -0.25) is 0 Å². The van der Waals surface area contributed by atoms with Crippen LogP contribution in [0.4, 0.5) is 4.79 Å². The van der Waals surface area contributed by atoms with E-state index >= 15 is 0 Å². The van der Waals surface area contributed by atoms with Crippen molar-refractivity contribution < 1.29 is 79.5 Å². The standard InChI is InChI=1S/C20H36N2O16/c1-34-18-14(31)10(27)8(25)5(36-18)2-21-20(33)22-17-13(30)12(29)16(7(4-24)35-17)38-19-15(32)11(28)9(26)6(3-23)37-19/h5-19,23-32H,2-4H2,1H3,(H2,21,22,33)/t5-,6-,7-,8-,9-,10+,11+,12-,13-,14-,15-,16-,17-,18+,19+/m1/s1. The van der Waals surface area contributed by atoms with Gasteiger partial charge in [-0.15, -0.1) is 0 Å². The van der Waals surface area contributed by atoms with Crippen molar-refractivity contribution in [3.63, 3.8) is 0 Å². The van der Waals surface area contributed by atoms with Crippen LogP contribution in [0.15, 0.2) is 0 Å². The molecule has 0 unspecified atom stereocenters. The SMILES string of the molecule is CO[C@H]1O[C@H](CNC(=O)N[C@@H]2O[C@H](CO)[C@@H](O[C@@H]3O[C@H](CO)[C@@H](O)[C@H](O)[C@H]3O)[C@H](O)[C@H]2O)[C@@H](O)[C@H](O)[C@H]1O. The summed E-state index contributed by atoms with van der Waals surface area (Å²) in [5.74, 6) is 0. The van der Waals surface area contributed by atoms with Crippen LogP contribution < -0.4 is 10.6 Å². The largest absolute Gasteiger partial charge is 0.394 e. The average Bonchev–Trinajstić information content (AvgIpc) is 2.91. The summed E-state index contributed by atoms with van der Waals surface area (Å²) in [4.78, 5) is 12.4. The van der Waals surface area contributed by atoms with Gasteiger partial charge in [-0.25, -0.2) is 4.79 Å². The highest BCUT2D eigenvalue weighted by Gasteiger charge is 2.51. The van der Waals surface area contributed by atoms with Gasteiger partial charge in [-0.1, -0.05) is 0 Å². The first-order valence-electron chi connectivity index (χ1n) is 11.8. The fourth-order valence-corrected chi connectivity index (χ4v) is 4.36. The molecule has 18 heteroatoms. The Bertz CT molecular complexity index is 761. The van der Waals surface area contributed by atoms with Gasteiger partial charge in [0.2, 0.25) is 0 Å². The van der Waals surface area contributed by atoms with Crippen molar-refractivity contribution >= 4 is 6.03 Å². The lowest BCUT2D eigenvalue weighted by Gasteiger charge is -2.46. The number of amides is 2. The molecule has 0 aromatic rings. The lowest BCUT2D eigenvalue weighted by Crippen LogP contribution is -2.67. The second-order valence-electron chi connectivity index (χ2n) is 9.16. The number of aliphatic hydroxyl groups excluding tert-OH is 10. The normalized spacial score (nSPS) is 47.9. The predicted molar refractivity (Wildman–Crippen MR) is 117 cm³/mol. The first kappa shape index (κ1) is 31.2. The monoisotopic (exact) mass is 560 g/mol. The zero-order valence-electron chi connectivity index (χ0n) is 20.2. The van der Waals surface area contributed by atoms with E-state index in [0.717, 1.165) is 0 Å². The molecule has 0 bridgehead atoms. The quantitative estimate of drug-likeness (QED) is 0.131. The summed E-state index contributed by atoms with van der Waals surface area (Å²) in [7, 11) is 1.20. The summed E-state index contributed by atoms with van der Waals surface area (Å²) in [5, 5.41) is 104. The molecule has 2 amide bonds. The van der Waals surface area contributed by atoms with Crippen LogP contribution in [0, 0.1) is 0 Å². The van der Waals surface area contributed by atoms with Crippen LogP contribution in [0.1, 0.15) is 0 Å². The summed E-state index contributed by atoms with van der Waals surface area (Å²) in [6.07, 6.45) is -23.7.